The number of carbonyl (C=O) groups is 2. The van der Waals surface area contributed by atoms with Crippen LogP contribution >= 0.6 is 0 Å². The first-order valence-corrected chi connectivity index (χ1v) is 6.96. The minimum absolute atomic E-state index is 0.0546. The first kappa shape index (κ1) is 16.9. The molecule has 0 aliphatic heterocycles. The van der Waals surface area contributed by atoms with Crippen LogP contribution in [0.4, 0.5) is 0 Å². The molecule has 0 N–H and O–H groups in total. The third-order valence-corrected chi connectivity index (χ3v) is 2.74. The number of hydrogen-bond donors (Lipinski definition) is 0. The summed E-state index contributed by atoms with van der Waals surface area (Å²) in [4.78, 5) is 33.6. The fraction of sp³-hybridized carbons (Fsp3) is 0.533. The van der Waals surface area contributed by atoms with Crippen molar-refractivity contribution in [1.82, 2.24) is 0 Å². The Morgan fingerprint density at radius 3 is 2.76 bits per heavy atom. The second-order valence-corrected chi connectivity index (χ2v) is 4.50. The van der Waals surface area contributed by atoms with Crippen molar-refractivity contribution in [2.24, 2.45) is 0 Å². The van der Waals surface area contributed by atoms with Crippen molar-refractivity contribution >= 4 is 12.3 Å². The van der Waals surface area contributed by atoms with Crippen LogP contribution < -0.4 is 10.2 Å². The zero-order valence-corrected chi connectivity index (χ0v) is 12.3. The van der Waals surface area contributed by atoms with Crippen molar-refractivity contribution < 1.29 is 23.5 Å². The first-order valence-electron chi connectivity index (χ1n) is 6.96. The fourth-order valence-electron chi connectivity index (χ4n) is 1.80. The van der Waals surface area contributed by atoms with E-state index in [-0.39, 0.29) is 29.5 Å². The Labute approximate surface area is 123 Å². The molecule has 21 heavy (non-hydrogen) atoms. The third kappa shape index (κ3) is 5.81. The summed E-state index contributed by atoms with van der Waals surface area (Å²) in [7, 11) is 0. The summed E-state index contributed by atoms with van der Waals surface area (Å²) in [5.41, 5.74) is -0.368. The molecule has 0 bridgehead atoms. The number of ether oxygens (including phenoxy) is 2. The van der Waals surface area contributed by atoms with Crippen LogP contribution in [0.15, 0.2) is 15.3 Å². The van der Waals surface area contributed by atoms with Crippen LogP contribution in [-0.4, -0.2) is 25.5 Å². The molecule has 1 aromatic rings. The lowest BCUT2D eigenvalue weighted by Gasteiger charge is -2.07. The van der Waals surface area contributed by atoms with E-state index in [0.29, 0.717) is 37.9 Å². The van der Waals surface area contributed by atoms with Crippen molar-refractivity contribution in [1.29, 1.82) is 0 Å². The van der Waals surface area contributed by atoms with Gasteiger partial charge < -0.3 is 13.9 Å². The van der Waals surface area contributed by atoms with Crippen molar-refractivity contribution in [3.63, 3.8) is 0 Å². The van der Waals surface area contributed by atoms with Crippen LogP contribution in [0, 0.1) is 6.92 Å². The van der Waals surface area contributed by atoms with E-state index in [1.165, 1.54) is 6.07 Å². The van der Waals surface area contributed by atoms with E-state index in [9.17, 15) is 14.4 Å². The van der Waals surface area contributed by atoms with E-state index in [0.717, 1.165) is 6.42 Å². The standard InChI is InChI=1S/C15H20O6/c1-3-19-14(18)7-5-4-6-8-20-15-12(17)9-11(2)21-13(15)10-16/h9-10H,3-8H2,1-2H3. The Bertz CT molecular complexity index is 531. The van der Waals surface area contributed by atoms with Gasteiger partial charge in [-0.15, -0.1) is 0 Å². The summed E-state index contributed by atoms with van der Waals surface area (Å²) in [5.74, 6) is 0.0113. The van der Waals surface area contributed by atoms with Gasteiger partial charge in [-0.05, 0) is 33.1 Å². The quantitative estimate of drug-likeness (QED) is 0.395. The van der Waals surface area contributed by atoms with Crippen molar-refractivity contribution in [2.75, 3.05) is 13.2 Å². The molecule has 0 saturated carbocycles. The van der Waals surface area contributed by atoms with Crippen molar-refractivity contribution in [3.05, 3.63) is 27.8 Å². The monoisotopic (exact) mass is 296 g/mol. The predicted molar refractivity (Wildman–Crippen MR) is 75.7 cm³/mol. The van der Waals surface area contributed by atoms with Gasteiger partial charge in [0.25, 0.3) is 0 Å². The minimum atomic E-state index is -0.368. The highest BCUT2D eigenvalue weighted by molar-refractivity contribution is 5.74. The topological polar surface area (TPSA) is 82.8 Å². The largest absolute Gasteiger partial charge is 0.486 e. The molecule has 0 aliphatic carbocycles. The zero-order valence-electron chi connectivity index (χ0n) is 12.3. The molecular formula is C15H20O6. The van der Waals surface area contributed by atoms with Gasteiger partial charge in [0.1, 0.15) is 5.76 Å². The van der Waals surface area contributed by atoms with Gasteiger partial charge in [0, 0.05) is 12.5 Å². The van der Waals surface area contributed by atoms with E-state index in [1.807, 2.05) is 0 Å². The van der Waals surface area contributed by atoms with Gasteiger partial charge in [-0.1, -0.05) is 0 Å². The van der Waals surface area contributed by atoms with E-state index in [2.05, 4.69) is 0 Å². The van der Waals surface area contributed by atoms with Crippen LogP contribution in [0.1, 0.15) is 48.9 Å². The zero-order chi connectivity index (χ0) is 15.7. The molecule has 0 saturated heterocycles. The number of unbranched alkanes of at least 4 members (excludes halogenated alkanes) is 2. The Hall–Kier alpha value is -2.11. The van der Waals surface area contributed by atoms with Crippen LogP contribution in [0.2, 0.25) is 0 Å². The van der Waals surface area contributed by atoms with Crippen LogP contribution in [0.25, 0.3) is 0 Å². The summed E-state index contributed by atoms with van der Waals surface area (Å²) in [5, 5.41) is 0. The molecule has 116 valence electrons. The van der Waals surface area contributed by atoms with Crippen LogP contribution in [0.3, 0.4) is 0 Å². The molecular weight excluding hydrogens is 276 g/mol. The average molecular weight is 296 g/mol. The van der Waals surface area contributed by atoms with Gasteiger partial charge in [-0.2, -0.15) is 0 Å². The van der Waals surface area contributed by atoms with E-state index >= 15 is 0 Å². The first-order chi connectivity index (χ1) is 10.1. The Balaban J connectivity index is 2.35. The van der Waals surface area contributed by atoms with Gasteiger partial charge in [0.15, 0.2) is 6.29 Å². The predicted octanol–water partition coefficient (Wildman–Crippen LogP) is 2.26. The highest BCUT2D eigenvalue weighted by Crippen LogP contribution is 2.13. The molecule has 1 heterocycles. The Morgan fingerprint density at radius 1 is 1.33 bits per heavy atom. The molecule has 0 fully saturated rings. The molecule has 0 amide bonds. The Morgan fingerprint density at radius 2 is 2.10 bits per heavy atom. The number of rotatable bonds is 9. The highest BCUT2D eigenvalue weighted by Gasteiger charge is 2.11. The molecule has 0 unspecified atom stereocenters. The van der Waals surface area contributed by atoms with Crippen LogP contribution in [0.5, 0.6) is 5.75 Å². The maximum Gasteiger partial charge on any atom is 0.305 e. The second kappa shape index (κ2) is 8.94. The Kier molecular flexibility index (Phi) is 7.21. The van der Waals surface area contributed by atoms with Gasteiger partial charge in [0.2, 0.25) is 16.9 Å². The lowest BCUT2D eigenvalue weighted by molar-refractivity contribution is -0.143. The fourth-order valence-corrected chi connectivity index (χ4v) is 1.80. The summed E-state index contributed by atoms with van der Waals surface area (Å²) in [6.45, 7) is 4.04. The highest BCUT2D eigenvalue weighted by atomic mass is 16.5. The van der Waals surface area contributed by atoms with Gasteiger partial charge in [-0.3, -0.25) is 14.4 Å². The molecule has 0 radical (unpaired) electrons. The molecule has 6 heteroatoms. The molecule has 1 aromatic heterocycles. The summed E-state index contributed by atoms with van der Waals surface area (Å²) in [6, 6.07) is 1.28. The minimum Gasteiger partial charge on any atom is -0.486 e. The summed E-state index contributed by atoms with van der Waals surface area (Å²) < 4.78 is 15.2. The SMILES string of the molecule is CCOC(=O)CCCCCOc1c(C=O)oc(C)cc1=O. The summed E-state index contributed by atoms with van der Waals surface area (Å²) >= 11 is 0. The van der Waals surface area contributed by atoms with E-state index in [1.54, 1.807) is 13.8 Å². The molecule has 0 aromatic carbocycles. The molecule has 6 nitrogen and oxygen atoms in total. The number of esters is 1. The van der Waals surface area contributed by atoms with Crippen molar-refractivity contribution in [2.45, 2.75) is 39.5 Å². The number of carbonyl (C=O) groups excluding carboxylic acids is 2. The maximum atomic E-state index is 11.7. The number of hydrogen-bond acceptors (Lipinski definition) is 6. The molecule has 0 spiro atoms. The second-order valence-electron chi connectivity index (χ2n) is 4.50. The normalized spacial score (nSPS) is 10.2. The van der Waals surface area contributed by atoms with E-state index < -0.39 is 0 Å². The van der Waals surface area contributed by atoms with Gasteiger partial charge in [0.05, 0.1) is 13.2 Å². The average Bonchev–Trinajstić information content (AvgIpc) is 2.44. The van der Waals surface area contributed by atoms with Crippen LogP contribution in [-0.2, 0) is 9.53 Å². The number of aldehydes is 1. The lowest BCUT2D eigenvalue weighted by Crippen LogP contribution is -2.11. The lowest BCUT2D eigenvalue weighted by atomic mass is 10.2. The number of aryl methyl sites for hydroxylation is 1. The summed E-state index contributed by atoms with van der Waals surface area (Å²) in [6.07, 6.45) is 2.98. The molecule has 0 atom stereocenters. The van der Waals surface area contributed by atoms with Gasteiger partial charge in [-0.25, -0.2) is 0 Å². The van der Waals surface area contributed by atoms with Gasteiger partial charge >= 0.3 is 5.97 Å². The third-order valence-electron chi connectivity index (χ3n) is 2.74. The van der Waals surface area contributed by atoms with Crippen molar-refractivity contribution in [3.8, 4) is 5.75 Å². The van der Waals surface area contributed by atoms with E-state index in [4.69, 9.17) is 13.9 Å². The maximum absolute atomic E-state index is 11.7. The smallest absolute Gasteiger partial charge is 0.305 e. The molecule has 1 rings (SSSR count). The molecule has 0 aliphatic rings.